The molecule has 3 aromatic rings. The molecule has 24 heavy (non-hydrogen) atoms. The molecule has 0 aromatic heterocycles. The topological polar surface area (TPSA) is 26.3 Å². The average molecular weight is 316 g/mol. The Kier molecular flexibility index (Phi) is 4.04. The van der Waals surface area contributed by atoms with Gasteiger partial charge in [-0.25, -0.2) is 0 Å². The van der Waals surface area contributed by atoms with Crippen molar-refractivity contribution in [3.63, 3.8) is 0 Å². The molecule has 0 amide bonds. The molecule has 1 atom stereocenters. The van der Waals surface area contributed by atoms with E-state index in [1.807, 2.05) is 24.3 Å². The molecule has 4 rings (SSSR count). The summed E-state index contributed by atoms with van der Waals surface area (Å²) in [6.45, 7) is 0. The van der Waals surface area contributed by atoms with Crippen LogP contribution < -0.4 is 4.74 Å². The van der Waals surface area contributed by atoms with Gasteiger partial charge in [0.2, 0.25) is 0 Å². The molecule has 1 fully saturated rings. The van der Waals surface area contributed by atoms with Crippen LogP contribution in [0.15, 0.2) is 66.7 Å². The summed E-state index contributed by atoms with van der Waals surface area (Å²) in [6, 6.07) is 22.7. The van der Waals surface area contributed by atoms with Crippen molar-refractivity contribution >= 4 is 16.6 Å². The van der Waals surface area contributed by atoms with Crippen molar-refractivity contribution in [2.24, 2.45) is 0 Å². The van der Waals surface area contributed by atoms with Gasteiger partial charge in [0.1, 0.15) is 5.75 Å². The Balaban J connectivity index is 1.77. The molecular formula is C22H20O2. The SMILES string of the molecule is O=C1CCCCC1Oc1ccc(-c2ccccc2)c2ccccc12. The summed E-state index contributed by atoms with van der Waals surface area (Å²) in [4.78, 5) is 12.1. The van der Waals surface area contributed by atoms with Crippen LogP contribution in [0, 0.1) is 0 Å². The minimum Gasteiger partial charge on any atom is -0.482 e. The first kappa shape index (κ1) is 14.9. The Hall–Kier alpha value is -2.61. The number of hydrogen-bond acceptors (Lipinski definition) is 2. The quantitative estimate of drug-likeness (QED) is 0.647. The summed E-state index contributed by atoms with van der Waals surface area (Å²) in [5, 5.41) is 2.22. The van der Waals surface area contributed by atoms with Crippen LogP contribution in [0.5, 0.6) is 5.75 Å². The zero-order chi connectivity index (χ0) is 16.4. The standard InChI is InChI=1S/C22H20O2/c23-20-12-6-7-13-22(20)24-21-15-14-17(16-8-2-1-3-9-16)18-10-4-5-11-19(18)21/h1-5,8-11,14-15,22H,6-7,12-13H2. The van der Waals surface area contributed by atoms with E-state index in [0.717, 1.165) is 35.8 Å². The van der Waals surface area contributed by atoms with Crippen molar-refractivity contribution in [2.45, 2.75) is 31.8 Å². The Labute approximate surface area is 142 Å². The molecular weight excluding hydrogens is 296 g/mol. The normalized spacial score (nSPS) is 17.8. The van der Waals surface area contributed by atoms with Gasteiger partial charge >= 0.3 is 0 Å². The third kappa shape index (κ3) is 2.80. The Morgan fingerprint density at radius 1 is 0.792 bits per heavy atom. The molecule has 1 aliphatic carbocycles. The Morgan fingerprint density at radius 2 is 1.54 bits per heavy atom. The van der Waals surface area contributed by atoms with E-state index in [-0.39, 0.29) is 11.9 Å². The molecule has 3 aromatic carbocycles. The Morgan fingerprint density at radius 3 is 2.33 bits per heavy atom. The zero-order valence-corrected chi connectivity index (χ0v) is 13.6. The molecule has 1 saturated carbocycles. The fourth-order valence-corrected chi connectivity index (χ4v) is 3.47. The fourth-order valence-electron chi connectivity index (χ4n) is 3.47. The molecule has 2 heteroatoms. The lowest BCUT2D eigenvalue weighted by Crippen LogP contribution is -2.30. The molecule has 0 heterocycles. The highest BCUT2D eigenvalue weighted by Crippen LogP contribution is 2.35. The van der Waals surface area contributed by atoms with E-state index in [0.29, 0.717) is 6.42 Å². The molecule has 0 radical (unpaired) electrons. The molecule has 120 valence electrons. The maximum Gasteiger partial charge on any atom is 0.173 e. The monoisotopic (exact) mass is 316 g/mol. The third-order valence-corrected chi connectivity index (χ3v) is 4.74. The van der Waals surface area contributed by atoms with Crippen molar-refractivity contribution in [2.75, 3.05) is 0 Å². The van der Waals surface area contributed by atoms with Gasteiger partial charge in [-0.1, -0.05) is 60.7 Å². The predicted octanol–water partition coefficient (Wildman–Crippen LogP) is 5.40. The first-order chi connectivity index (χ1) is 11.8. The van der Waals surface area contributed by atoms with Crippen molar-refractivity contribution in [3.8, 4) is 16.9 Å². The van der Waals surface area contributed by atoms with E-state index in [1.54, 1.807) is 0 Å². The molecule has 1 unspecified atom stereocenters. The second-order valence-electron chi connectivity index (χ2n) is 6.34. The lowest BCUT2D eigenvalue weighted by atomic mass is 9.95. The summed E-state index contributed by atoms with van der Waals surface area (Å²) in [7, 11) is 0. The van der Waals surface area contributed by atoms with E-state index in [9.17, 15) is 4.79 Å². The van der Waals surface area contributed by atoms with Crippen LogP contribution in [0.3, 0.4) is 0 Å². The second-order valence-corrected chi connectivity index (χ2v) is 6.34. The minimum atomic E-state index is -0.287. The van der Waals surface area contributed by atoms with Crippen molar-refractivity contribution in [1.29, 1.82) is 0 Å². The van der Waals surface area contributed by atoms with Gasteiger partial charge in [0, 0.05) is 11.8 Å². The van der Waals surface area contributed by atoms with E-state index in [2.05, 4.69) is 42.5 Å². The number of ether oxygens (including phenoxy) is 1. The minimum absolute atomic E-state index is 0.234. The lowest BCUT2D eigenvalue weighted by molar-refractivity contribution is -0.127. The molecule has 0 bridgehead atoms. The fraction of sp³-hybridized carbons (Fsp3) is 0.227. The predicted molar refractivity (Wildman–Crippen MR) is 97.3 cm³/mol. The molecule has 0 spiro atoms. The highest BCUT2D eigenvalue weighted by Gasteiger charge is 2.24. The van der Waals surface area contributed by atoms with Crippen molar-refractivity contribution in [3.05, 3.63) is 66.7 Å². The molecule has 1 aliphatic rings. The largest absolute Gasteiger partial charge is 0.482 e. The van der Waals surface area contributed by atoms with Crippen LogP contribution in [-0.2, 0) is 4.79 Å². The number of carbonyl (C=O) groups excluding carboxylic acids is 1. The van der Waals surface area contributed by atoms with Crippen LogP contribution in [0.2, 0.25) is 0 Å². The number of fused-ring (bicyclic) bond motifs is 1. The van der Waals surface area contributed by atoms with Crippen molar-refractivity contribution < 1.29 is 9.53 Å². The molecule has 0 N–H and O–H groups in total. The molecule has 2 nitrogen and oxygen atoms in total. The van der Waals surface area contributed by atoms with Crippen molar-refractivity contribution in [1.82, 2.24) is 0 Å². The number of ketones is 1. The van der Waals surface area contributed by atoms with Gasteiger partial charge in [0.05, 0.1) is 0 Å². The van der Waals surface area contributed by atoms with Gasteiger partial charge in [-0.3, -0.25) is 4.79 Å². The van der Waals surface area contributed by atoms with Gasteiger partial charge < -0.3 is 4.74 Å². The second kappa shape index (κ2) is 6.48. The smallest absolute Gasteiger partial charge is 0.173 e. The van der Waals surface area contributed by atoms with E-state index < -0.39 is 0 Å². The van der Waals surface area contributed by atoms with Gasteiger partial charge in [-0.05, 0) is 41.8 Å². The van der Waals surface area contributed by atoms with Gasteiger partial charge in [-0.15, -0.1) is 0 Å². The summed E-state index contributed by atoms with van der Waals surface area (Å²) in [5.41, 5.74) is 2.38. The summed E-state index contributed by atoms with van der Waals surface area (Å²) in [5.74, 6) is 1.04. The first-order valence-electron chi connectivity index (χ1n) is 8.59. The van der Waals surface area contributed by atoms with Crippen LogP contribution in [0.4, 0.5) is 0 Å². The van der Waals surface area contributed by atoms with Crippen LogP contribution in [-0.4, -0.2) is 11.9 Å². The van der Waals surface area contributed by atoms with Gasteiger partial charge in [0.25, 0.3) is 0 Å². The number of carbonyl (C=O) groups is 1. The maximum atomic E-state index is 12.1. The highest BCUT2D eigenvalue weighted by molar-refractivity contribution is 6.00. The highest BCUT2D eigenvalue weighted by atomic mass is 16.5. The lowest BCUT2D eigenvalue weighted by Gasteiger charge is -2.23. The summed E-state index contributed by atoms with van der Waals surface area (Å²) in [6.07, 6.45) is 3.24. The van der Waals surface area contributed by atoms with E-state index in [4.69, 9.17) is 4.74 Å². The number of benzene rings is 3. The number of Topliss-reactive ketones (excluding diaryl/α,β-unsaturated/α-hetero) is 1. The van der Waals surface area contributed by atoms with Crippen LogP contribution in [0.25, 0.3) is 21.9 Å². The van der Waals surface area contributed by atoms with Crippen LogP contribution in [0.1, 0.15) is 25.7 Å². The zero-order valence-electron chi connectivity index (χ0n) is 13.6. The molecule has 0 aliphatic heterocycles. The number of rotatable bonds is 3. The summed E-state index contributed by atoms with van der Waals surface area (Å²) >= 11 is 0. The average Bonchev–Trinajstić information content (AvgIpc) is 2.64. The molecule has 0 saturated heterocycles. The summed E-state index contributed by atoms with van der Waals surface area (Å²) < 4.78 is 6.12. The number of hydrogen-bond donors (Lipinski definition) is 0. The van der Waals surface area contributed by atoms with E-state index >= 15 is 0 Å². The maximum absolute atomic E-state index is 12.1. The third-order valence-electron chi connectivity index (χ3n) is 4.74. The van der Waals surface area contributed by atoms with Crippen LogP contribution >= 0.6 is 0 Å². The first-order valence-corrected chi connectivity index (χ1v) is 8.59. The van der Waals surface area contributed by atoms with Gasteiger partial charge in [0.15, 0.2) is 11.9 Å². The Bertz CT molecular complexity index is 868. The van der Waals surface area contributed by atoms with E-state index in [1.165, 1.54) is 11.1 Å². The van der Waals surface area contributed by atoms with Gasteiger partial charge in [-0.2, -0.15) is 0 Å².